The summed E-state index contributed by atoms with van der Waals surface area (Å²) in [7, 11) is -4.14. The maximum atomic E-state index is 13.6. The zero-order valence-corrected chi connectivity index (χ0v) is 21.8. The van der Waals surface area contributed by atoms with E-state index in [1.165, 1.54) is 16.8 Å². The number of amides is 1. The molecule has 8 heteroatoms. The van der Waals surface area contributed by atoms with Crippen LogP contribution < -0.4 is 10.7 Å². The lowest BCUT2D eigenvalue weighted by molar-refractivity contribution is -0.116. The molecule has 0 aliphatic carbocycles. The van der Waals surface area contributed by atoms with Crippen LogP contribution in [0, 0.1) is 20.8 Å². The minimum absolute atomic E-state index is 0.0610. The molecule has 2 heterocycles. The van der Waals surface area contributed by atoms with Gasteiger partial charge in [0.2, 0.25) is 21.2 Å². The van der Waals surface area contributed by atoms with E-state index in [-0.39, 0.29) is 33.3 Å². The molecule has 36 heavy (non-hydrogen) atoms. The molecule has 0 fully saturated rings. The Labute approximate surface area is 210 Å². The number of benzene rings is 2. The molecule has 186 valence electrons. The smallest absolute Gasteiger partial charge is 0.244 e. The first-order valence-electron chi connectivity index (χ1n) is 11.7. The summed E-state index contributed by atoms with van der Waals surface area (Å²) in [5, 5.41) is 2.98. The van der Waals surface area contributed by atoms with Gasteiger partial charge in [-0.1, -0.05) is 43.7 Å². The summed E-state index contributed by atoms with van der Waals surface area (Å²) < 4.78 is 28.6. The van der Waals surface area contributed by atoms with Crippen molar-refractivity contribution in [1.82, 2.24) is 9.55 Å². The SMILES string of the molecule is Cc1ccc(S(=O)(=O)c2cn(CC(=O)Nc3ccc(C(C)C)cc3)c3nc(C)ccc3c2=O)c(C)c1. The highest BCUT2D eigenvalue weighted by atomic mass is 32.2. The molecule has 0 bridgehead atoms. The molecule has 4 rings (SSSR count). The third kappa shape index (κ3) is 4.95. The van der Waals surface area contributed by atoms with Gasteiger partial charge in [-0.15, -0.1) is 0 Å². The first-order valence-corrected chi connectivity index (χ1v) is 13.2. The largest absolute Gasteiger partial charge is 0.325 e. The number of rotatable bonds is 6. The number of pyridine rings is 2. The van der Waals surface area contributed by atoms with Gasteiger partial charge in [-0.25, -0.2) is 13.4 Å². The zero-order chi connectivity index (χ0) is 26.2. The van der Waals surface area contributed by atoms with Gasteiger partial charge in [0, 0.05) is 17.6 Å². The van der Waals surface area contributed by atoms with Gasteiger partial charge in [-0.2, -0.15) is 0 Å². The van der Waals surface area contributed by atoms with Crippen molar-refractivity contribution in [2.24, 2.45) is 0 Å². The first kappa shape index (κ1) is 25.3. The summed E-state index contributed by atoms with van der Waals surface area (Å²) in [6.07, 6.45) is 1.23. The summed E-state index contributed by atoms with van der Waals surface area (Å²) in [5.74, 6) is 0.00421. The Morgan fingerprint density at radius 2 is 1.67 bits per heavy atom. The second-order valence-electron chi connectivity index (χ2n) is 9.37. The summed E-state index contributed by atoms with van der Waals surface area (Å²) in [5.41, 5.74) is 3.50. The summed E-state index contributed by atoms with van der Waals surface area (Å²) in [4.78, 5) is 30.4. The number of aryl methyl sites for hydroxylation is 3. The summed E-state index contributed by atoms with van der Waals surface area (Å²) in [6.45, 7) is 9.30. The van der Waals surface area contributed by atoms with Crippen LogP contribution in [0.15, 0.2) is 75.4 Å². The fourth-order valence-electron chi connectivity index (χ4n) is 4.17. The Hall–Kier alpha value is -3.78. The summed E-state index contributed by atoms with van der Waals surface area (Å²) >= 11 is 0. The quantitative estimate of drug-likeness (QED) is 0.403. The van der Waals surface area contributed by atoms with Gasteiger partial charge in [0.1, 0.15) is 17.1 Å². The van der Waals surface area contributed by atoms with E-state index in [4.69, 9.17) is 0 Å². The monoisotopic (exact) mass is 503 g/mol. The van der Waals surface area contributed by atoms with Crippen molar-refractivity contribution in [1.29, 1.82) is 0 Å². The second kappa shape index (κ2) is 9.70. The zero-order valence-electron chi connectivity index (χ0n) is 21.0. The predicted molar refractivity (Wildman–Crippen MR) is 141 cm³/mol. The van der Waals surface area contributed by atoms with Crippen molar-refractivity contribution >= 4 is 32.5 Å². The summed E-state index contributed by atoms with van der Waals surface area (Å²) in [6, 6.07) is 15.7. The molecule has 0 unspecified atom stereocenters. The van der Waals surface area contributed by atoms with Crippen LogP contribution in [0.1, 0.15) is 42.1 Å². The number of anilines is 1. The molecular formula is C28H29N3O4S. The van der Waals surface area contributed by atoms with E-state index in [9.17, 15) is 18.0 Å². The number of carbonyl (C=O) groups is 1. The van der Waals surface area contributed by atoms with Gasteiger partial charge >= 0.3 is 0 Å². The van der Waals surface area contributed by atoms with Crippen molar-refractivity contribution in [2.75, 3.05) is 5.32 Å². The van der Waals surface area contributed by atoms with E-state index in [1.54, 1.807) is 38.1 Å². The van der Waals surface area contributed by atoms with Crippen LogP contribution in [0.3, 0.4) is 0 Å². The van der Waals surface area contributed by atoms with E-state index in [0.29, 0.717) is 22.9 Å². The van der Waals surface area contributed by atoms with Crippen molar-refractivity contribution in [3.63, 3.8) is 0 Å². The van der Waals surface area contributed by atoms with Crippen molar-refractivity contribution in [2.45, 2.75) is 56.9 Å². The molecule has 7 nitrogen and oxygen atoms in total. The van der Waals surface area contributed by atoms with Crippen molar-refractivity contribution in [3.05, 3.63) is 93.4 Å². The Balaban J connectivity index is 1.78. The maximum Gasteiger partial charge on any atom is 0.244 e. The fourth-order valence-corrected chi connectivity index (χ4v) is 5.76. The standard InChI is InChI=1S/C28H29N3O4S/c1-17(2)21-8-10-22(11-9-21)30-26(32)16-31-15-25(27(33)23-12-7-20(5)29-28(23)31)36(34,35)24-13-6-18(3)14-19(24)4/h6-15,17H,16H2,1-5H3,(H,30,32). The van der Waals surface area contributed by atoms with Crippen LogP contribution in [0.5, 0.6) is 0 Å². The number of nitrogens with one attached hydrogen (secondary N) is 1. The molecule has 0 saturated heterocycles. The third-order valence-electron chi connectivity index (χ3n) is 6.11. The first-order chi connectivity index (χ1) is 17.0. The Morgan fingerprint density at radius 3 is 2.31 bits per heavy atom. The van der Waals surface area contributed by atoms with E-state index in [1.807, 2.05) is 31.2 Å². The second-order valence-corrected chi connectivity index (χ2v) is 11.3. The molecule has 0 aliphatic heterocycles. The number of nitrogens with zero attached hydrogens (tertiary/aromatic N) is 2. The lowest BCUT2D eigenvalue weighted by Gasteiger charge is -2.15. The number of hydrogen-bond donors (Lipinski definition) is 1. The number of carbonyl (C=O) groups excluding carboxylic acids is 1. The lowest BCUT2D eigenvalue weighted by Crippen LogP contribution is -2.24. The third-order valence-corrected chi connectivity index (χ3v) is 8.02. The van der Waals surface area contributed by atoms with Crippen molar-refractivity contribution in [3.8, 4) is 0 Å². The predicted octanol–water partition coefficient (Wildman–Crippen LogP) is 4.92. The van der Waals surface area contributed by atoms with Gasteiger partial charge in [0.05, 0.1) is 10.3 Å². The van der Waals surface area contributed by atoms with E-state index >= 15 is 0 Å². The van der Waals surface area contributed by atoms with Crippen LogP contribution in [0.4, 0.5) is 5.69 Å². The maximum absolute atomic E-state index is 13.6. The average Bonchev–Trinajstić information content (AvgIpc) is 2.80. The topological polar surface area (TPSA) is 98.1 Å². The number of fused-ring (bicyclic) bond motifs is 1. The molecule has 4 aromatic rings. The Morgan fingerprint density at radius 1 is 0.972 bits per heavy atom. The van der Waals surface area contributed by atoms with Gasteiger partial charge in [-0.05, 0) is 68.1 Å². The number of sulfone groups is 1. The minimum atomic E-state index is -4.14. The highest BCUT2D eigenvalue weighted by Crippen LogP contribution is 2.25. The van der Waals surface area contributed by atoms with Crippen LogP contribution in [0.2, 0.25) is 0 Å². The van der Waals surface area contributed by atoms with Gasteiger partial charge < -0.3 is 9.88 Å². The van der Waals surface area contributed by atoms with E-state index in [2.05, 4.69) is 24.1 Å². The molecule has 0 atom stereocenters. The van der Waals surface area contributed by atoms with Crippen LogP contribution in [-0.4, -0.2) is 23.9 Å². The number of hydrogen-bond acceptors (Lipinski definition) is 5. The normalized spacial score (nSPS) is 11.7. The Bertz CT molecular complexity index is 1640. The number of aromatic nitrogens is 2. The van der Waals surface area contributed by atoms with E-state index in [0.717, 1.165) is 11.1 Å². The van der Waals surface area contributed by atoms with Gasteiger partial charge in [0.15, 0.2) is 0 Å². The molecule has 0 aliphatic rings. The average molecular weight is 504 g/mol. The highest BCUT2D eigenvalue weighted by Gasteiger charge is 2.26. The minimum Gasteiger partial charge on any atom is -0.325 e. The molecule has 1 N–H and O–H groups in total. The molecule has 2 aromatic heterocycles. The molecule has 0 radical (unpaired) electrons. The van der Waals surface area contributed by atoms with E-state index < -0.39 is 15.3 Å². The van der Waals surface area contributed by atoms with Crippen LogP contribution in [0.25, 0.3) is 11.0 Å². The molecule has 1 amide bonds. The van der Waals surface area contributed by atoms with Crippen LogP contribution >= 0.6 is 0 Å². The van der Waals surface area contributed by atoms with Crippen molar-refractivity contribution < 1.29 is 13.2 Å². The molecule has 0 spiro atoms. The molecular weight excluding hydrogens is 474 g/mol. The van der Waals surface area contributed by atoms with Crippen LogP contribution in [-0.2, 0) is 21.2 Å². The molecule has 0 saturated carbocycles. The highest BCUT2D eigenvalue weighted by molar-refractivity contribution is 7.91. The Kier molecular flexibility index (Phi) is 6.82. The lowest BCUT2D eigenvalue weighted by atomic mass is 10.0. The van der Waals surface area contributed by atoms with Gasteiger partial charge in [0.25, 0.3) is 0 Å². The molecule has 2 aromatic carbocycles. The fraction of sp³-hybridized carbons (Fsp3) is 0.250. The van der Waals surface area contributed by atoms with Gasteiger partial charge in [-0.3, -0.25) is 9.59 Å².